The van der Waals surface area contributed by atoms with Gasteiger partial charge in [-0.05, 0) is 74.5 Å². The average molecular weight is 475 g/mol. The number of phenols is 1. The zero-order valence-electron chi connectivity index (χ0n) is 21.0. The number of hydrogen-bond acceptors (Lipinski definition) is 7. The number of rotatable bonds is 4. The number of phenolic OH excluding ortho intramolecular Hbond substituents is 1. The van der Waals surface area contributed by atoms with Crippen LogP contribution in [0.15, 0.2) is 11.6 Å². The van der Waals surface area contributed by atoms with Gasteiger partial charge in [-0.2, -0.15) is 0 Å². The quantitative estimate of drug-likeness (QED) is 0.444. The van der Waals surface area contributed by atoms with Crippen LogP contribution in [0.1, 0.15) is 93.9 Å². The molecule has 1 aromatic carbocycles. The van der Waals surface area contributed by atoms with Crippen molar-refractivity contribution in [2.24, 2.45) is 5.92 Å². The highest BCUT2D eigenvalue weighted by atomic mass is 16.7. The Morgan fingerprint density at radius 1 is 1.09 bits per heavy atom. The maximum Gasteiger partial charge on any atom is 0.303 e. The monoisotopic (exact) mass is 474 g/mol. The minimum absolute atomic E-state index is 0.101. The van der Waals surface area contributed by atoms with E-state index >= 15 is 0 Å². The van der Waals surface area contributed by atoms with Gasteiger partial charge in [-0.25, -0.2) is 0 Å². The highest BCUT2D eigenvalue weighted by Crippen LogP contribution is 2.58. The van der Waals surface area contributed by atoms with Gasteiger partial charge < -0.3 is 29.5 Å². The molecule has 0 saturated carbocycles. The van der Waals surface area contributed by atoms with E-state index in [9.17, 15) is 20.1 Å². The highest BCUT2D eigenvalue weighted by Gasteiger charge is 2.45. The average Bonchev–Trinajstić information content (AvgIpc) is 2.74. The van der Waals surface area contributed by atoms with Crippen molar-refractivity contribution in [3.8, 4) is 11.5 Å². The topological polar surface area (TPSA) is 105 Å². The Morgan fingerprint density at radius 3 is 2.44 bits per heavy atom. The first-order valence-electron chi connectivity index (χ1n) is 12.4. The summed E-state index contributed by atoms with van der Waals surface area (Å²) in [6.07, 6.45) is 0.495. The first-order valence-corrected chi connectivity index (χ1v) is 12.4. The summed E-state index contributed by atoms with van der Waals surface area (Å²) < 4.78 is 17.1. The van der Waals surface area contributed by atoms with Gasteiger partial charge >= 0.3 is 5.97 Å². The molecule has 1 fully saturated rings. The number of aliphatic hydroxyl groups excluding tert-OH is 2. The molecule has 34 heavy (non-hydrogen) atoms. The fourth-order valence-electron chi connectivity index (χ4n) is 6.24. The lowest BCUT2D eigenvalue weighted by Crippen LogP contribution is -2.56. The molecule has 3 aliphatic rings. The Bertz CT molecular complexity index is 980. The largest absolute Gasteiger partial charge is 0.504 e. The van der Waals surface area contributed by atoms with Gasteiger partial charge in [0, 0.05) is 18.4 Å². The van der Waals surface area contributed by atoms with Crippen LogP contribution in [0.5, 0.6) is 11.5 Å². The van der Waals surface area contributed by atoms with Crippen molar-refractivity contribution in [1.82, 2.24) is 0 Å². The minimum atomic E-state index is -1.36. The number of carbonyl (C=O) groups excluding carboxylic acids is 1. The molecule has 1 saturated heterocycles. The molecular formula is C27H38O7. The molecule has 7 nitrogen and oxygen atoms in total. The Balaban J connectivity index is 1.84. The second-order valence-corrected chi connectivity index (χ2v) is 10.6. The van der Waals surface area contributed by atoms with Crippen LogP contribution in [0.2, 0.25) is 0 Å². The molecule has 0 spiro atoms. The van der Waals surface area contributed by atoms with Crippen molar-refractivity contribution < 1.29 is 34.3 Å². The van der Waals surface area contributed by atoms with Gasteiger partial charge in [0.15, 0.2) is 17.6 Å². The second kappa shape index (κ2) is 9.51. The van der Waals surface area contributed by atoms with Crippen LogP contribution in [0, 0.1) is 12.8 Å². The number of aromatic hydroxyl groups is 1. The molecule has 188 valence electrons. The Kier molecular flexibility index (Phi) is 7.00. The van der Waals surface area contributed by atoms with E-state index in [0.717, 1.165) is 30.4 Å². The molecule has 4 rings (SSSR count). The molecule has 2 aliphatic carbocycles. The van der Waals surface area contributed by atoms with E-state index in [1.165, 1.54) is 23.6 Å². The van der Waals surface area contributed by atoms with Crippen LogP contribution >= 0.6 is 0 Å². The van der Waals surface area contributed by atoms with Gasteiger partial charge in [0.05, 0.1) is 6.61 Å². The maximum atomic E-state index is 11.7. The molecule has 0 aromatic heterocycles. The summed E-state index contributed by atoms with van der Waals surface area (Å²) in [5.41, 5.74) is 5.49. The van der Waals surface area contributed by atoms with E-state index in [-0.39, 0.29) is 24.2 Å². The number of ether oxygens (including phenoxy) is 3. The van der Waals surface area contributed by atoms with Gasteiger partial charge in [-0.15, -0.1) is 0 Å². The third-order valence-electron chi connectivity index (χ3n) is 7.75. The van der Waals surface area contributed by atoms with Crippen LogP contribution in [0.25, 0.3) is 0 Å². The van der Waals surface area contributed by atoms with Gasteiger partial charge in [-0.1, -0.05) is 25.5 Å². The molecule has 8 atom stereocenters. The van der Waals surface area contributed by atoms with E-state index in [2.05, 4.69) is 33.8 Å². The molecule has 7 heteroatoms. The van der Waals surface area contributed by atoms with Crippen molar-refractivity contribution in [3.63, 3.8) is 0 Å². The van der Waals surface area contributed by atoms with Gasteiger partial charge in [-0.3, -0.25) is 4.79 Å². The van der Waals surface area contributed by atoms with Crippen molar-refractivity contribution in [1.29, 1.82) is 0 Å². The third-order valence-corrected chi connectivity index (χ3v) is 7.75. The lowest BCUT2D eigenvalue weighted by atomic mass is 9.62. The fourth-order valence-corrected chi connectivity index (χ4v) is 6.24. The molecule has 1 aromatic rings. The molecule has 1 heterocycles. The molecule has 0 radical (unpaired) electrons. The zero-order chi connectivity index (χ0) is 24.9. The first kappa shape index (κ1) is 25.0. The molecule has 8 unspecified atom stereocenters. The van der Waals surface area contributed by atoms with Crippen molar-refractivity contribution >= 4 is 5.97 Å². The van der Waals surface area contributed by atoms with E-state index < -0.39 is 30.6 Å². The second-order valence-electron chi connectivity index (χ2n) is 10.6. The predicted octanol–water partition coefficient (Wildman–Crippen LogP) is 4.16. The molecule has 0 amide bonds. The summed E-state index contributed by atoms with van der Waals surface area (Å²) in [6.45, 7) is 11.7. The Morgan fingerprint density at radius 2 is 1.79 bits per heavy atom. The predicted molar refractivity (Wildman–Crippen MR) is 127 cm³/mol. The lowest BCUT2D eigenvalue weighted by Gasteiger charge is -2.44. The Hall–Kier alpha value is -2.09. The zero-order valence-corrected chi connectivity index (χ0v) is 21.0. The van der Waals surface area contributed by atoms with E-state index in [4.69, 9.17) is 14.2 Å². The minimum Gasteiger partial charge on any atom is -0.504 e. The van der Waals surface area contributed by atoms with Crippen LogP contribution in [0.4, 0.5) is 0 Å². The number of carbonyl (C=O) groups is 1. The third kappa shape index (κ3) is 4.34. The number of esters is 1. The van der Waals surface area contributed by atoms with Crippen LogP contribution in [0.3, 0.4) is 0 Å². The first-order chi connectivity index (χ1) is 16.0. The lowest BCUT2D eigenvalue weighted by molar-refractivity contribution is -0.250. The van der Waals surface area contributed by atoms with Crippen LogP contribution in [-0.4, -0.2) is 52.5 Å². The SMILES string of the molecule is CC(=O)OC1C(Oc2c(C)c3c4c(c2O)C(C)CCC4C(C)CC3C=C(C)C)OCC(O)C1O. The number of aliphatic hydroxyl groups is 2. The van der Waals surface area contributed by atoms with E-state index in [0.29, 0.717) is 17.6 Å². The van der Waals surface area contributed by atoms with Crippen molar-refractivity contribution in [3.05, 3.63) is 33.9 Å². The number of allylic oxidation sites excluding steroid dienone is 2. The van der Waals surface area contributed by atoms with Crippen LogP contribution in [-0.2, 0) is 14.3 Å². The van der Waals surface area contributed by atoms with Gasteiger partial charge in [0.1, 0.15) is 12.2 Å². The summed E-state index contributed by atoms with van der Waals surface area (Å²) in [5.74, 6) is 1.08. The fraction of sp³-hybridized carbons (Fsp3) is 0.667. The van der Waals surface area contributed by atoms with E-state index in [1.807, 2.05) is 6.92 Å². The summed E-state index contributed by atoms with van der Waals surface area (Å²) in [7, 11) is 0. The summed E-state index contributed by atoms with van der Waals surface area (Å²) in [6, 6.07) is 0. The summed E-state index contributed by atoms with van der Waals surface area (Å²) >= 11 is 0. The van der Waals surface area contributed by atoms with Gasteiger partial charge in [0.25, 0.3) is 0 Å². The van der Waals surface area contributed by atoms with E-state index in [1.54, 1.807) is 0 Å². The smallest absolute Gasteiger partial charge is 0.303 e. The molecule has 0 bridgehead atoms. The highest BCUT2D eigenvalue weighted by molar-refractivity contribution is 5.66. The molecule has 1 aliphatic heterocycles. The normalized spacial score (nSPS) is 34.7. The summed E-state index contributed by atoms with van der Waals surface area (Å²) in [5, 5.41) is 32.0. The van der Waals surface area contributed by atoms with Crippen molar-refractivity contribution in [2.45, 2.75) is 103 Å². The van der Waals surface area contributed by atoms with Crippen molar-refractivity contribution in [2.75, 3.05) is 6.61 Å². The maximum absolute atomic E-state index is 11.7. The summed E-state index contributed by atoms with van der Waals surface area (Å²) in [4.78, 5) is 11.7. The standard InChI is InChI=1S/C27H38O7/c1-12(2)9-17-10-14(4)18-8-7-13(3)20-22(18)21(17)15(5)25(24(20)31)34-27-26(33-16(6)28)23(30)19(29)11-32-27/h9,13-14,17-19,23,26-27,29-31H,7-8,10-11H2,1-6H3. The molecule has 3 N–H and O–H groups in total. The Labute approximate surface area is 201 Å². The van der Waals surface area contributed by atoms with Crippen LogP contribution < -0.4 is 4.74 Å². The van der Waals surface area contributed by atoms with Gasteiger partial charge in [0.2, 0.25) is 6.29 Å². The number of hydrogen-bond donors (Lipinski definition) is 3. The number of benzene rings is 1. The molecular weight excluding hydrogens is 436 g/mol.